The molecule has 2 rings (SSSR count). The number of aromatic nitrogens is 2. The van der Waals surface area contributed by atoms with Gasteiger partial charge in [-0.2, -0.15) is 0 Å². The highest BCUT2D eigenvalue weighted by molar-refractivity contribution is 5.33. The highest BCUT2D eigenvalue weighted by atomic mass is 19.1. The summed E-state index contributed by atoms with van der Waals surface area (Å²) in [6.45, 7) is 4.32. The van der Waals surface area contributed by atoms with Gasteiger partial charge < -0.3 is 5.32 Å². The summed E-state index contributed by atoms with van der Waals surface area (Å²) in [5, 5.41) is 3.08. The molecular weight excluding hydrogens is 248 g/mol. The summed E-state index contributed by atoms with van der Waals surface area (Å²) in [4.78, 5) is 8.50. The number of hydrogen-bond acceptors (Lipinski definition) is 3. The molecular formula is C14H15F2N3. The average Bonchev–Trinajstić information content (AvgIpc) is 2.32. The lowest BCUT2D eigenvalue weighted by atomic mass is 10.1. The number of hydrogen-bond donors (Lipinski definition) is 1. The maximum absolute atomic E-state index is 13.0. The van der Waals surface area contributed by atoms with Gasteiger partial charge in [-0.1, -0.05) is 0 Å². The Morgan fingerprint density at radius 2 is 1.74 bits per heavy atom. The van der Waals surface area contributed by atoms with Gasteiger partial charge >= 0.3 is 0 Å². The minimum atomic E-state index is -0.555. The van der Waals surface area contributed by atoms with Crippen LogP contribution in [-0.4, -0.2) is 16.5 Å². The summed E-state index contributed by atoms with van der Waals surface area (Å²) in [6, 6.07) is 3.53. The van der Waals surface area contributed by atoms with Gasteiger partial charge in [0.15, 0.2) is 0 Å². The zero-order chi connectivity index (χ0) is 13.8. The quantitative estimate of drug-likeness (QED) is 0.921. The molecule has 0 radical (unpaired) electrons. The Morgan fingerprint density at radius 1 is 1.05 bits per heavy atom. The molecule has 0 atom stereocenters. The molecule has 0 amide bonds. The molecule has 3 nitrogen and oxygen atoms in total. The third-order valence-electron chi connectivity index (χ3n) is 2.83. The molecule has 0 saturated carbocycles. The van der Waals surface area contributed by atoms with E-state index in [2.05, 4.69) is 15.3 Å². The third-order valence-corrected chi connectivity index (χ3v) is 2.83. The molecule has 0 fully saturated rings. The van der Waals surface area contributed by atoms with E-state index < -0.39 is 11.6 Å². The van der Waals surface area contributed by atoms with Crippen LogP contribution in [0.3, 0.4) is 0 Å². The summed E-state index contributed by atoms with van der Waals surface area (Å²) in [5.41, 5.74) is 2.36. The van der Waals surface area contributed by atoms with Crippen molar-refractivity contribution >= 4 is 5.82 Å². The average molecular weight is 263 g/mol. The summed E-state index contributed by atoms with van der Waals surface area (Å²) in [7, 11) is 0. The molecule has 0 aliphatic rings. The summed E-state index contributed by atoms with van der Waals surface area (Å²) in [6.07, 6.45) is 2.16. The monoisotopic (exact) mass is 263 g/mol. The fraction of sp³-hybridized carbons (Fsp3) is 0.286. The Labute approximate surface area is 110 Å². The number of rotatable bonds is 4. The number of halogens is 2. The molecule has 0 spiro atoms. The number of anilines is 1. The van der Waals surface area contributed by atoms with E-state index >= 15 is 0 Å². The molecule has 1 N–H and O–H groups in total. The highest BCUT2D eigenvalue weighted by Gasteiger charge is 2.02. The van der Waals surface area contributed by atoms with Crippen LogP contribution in [0.15, 0.2) is 24.4 Å². The molecule has 0 aliphatic heterocycles. The Bertz CT molecular complexity index is 565. The van der Waals surface area contributed by atoms with Gasteiger partial charge in [0.05, 0.1) is 17.6 Å². The molecule has 0 bridgehead atoms. The molecule has 5 heteroatoms. The van der Waals surface area contributed by atoms with E-state index in [1.807, 2.05) is 13.8 Å². The van der Waals surface area contributed by atoms with Crippen molar-refractivity contribution < 1.29 is 8.78 Å². The van der Waals surface area contributed by atoms with Gasteiger partial charge in [-0.15, -0.1) is 0 Å². The maximum atomic E-state index is 13.0. The van der Waals surface area contributed by atoms with Crippen molar-refractivity contribution in [3.8, 4) is 0 Å². The lowest BCUT2D eigenvalue weighted by Crippen LogP contribution is -2.08. The van der Waals surface area contributed by atoms with Gasteiger partial charge in [-0.3, -0.25) is 4.98 Å². The van der Waals surface area contributed by atoms with Crippen molar-refractivity contribution in [2.24, 2.45) is 0 Å². The van der Waals surface area contributed by atoms with Gasteiger partial charge in [-0.05, 0) is 38.0 Å². The molecule has 0 unspecified atom stereocenters. The zero-order valence-corrected chi connectivity index (χ0v) is 10.9. The Morgan fingerprint density at radius 3 is 2.37 bits per heavy atom. The van der Waals surface area contributed by atoms with E-state index in [0.717, 1.165) is 17.5 Å². The first kappa shape index (κ1) is 13.4. The Balaban J connectivity index is 1.94. The van der Waals surface area contributed by atoms with E-state index in [-0.39, 0.29) is 0 Å². The van der Waals surface area contributed by atoms with Crippen LogP contribution >= 0.6 is 0 Å². The molecule has 1 heterocycles. The normalized spacial score (nSPS) is 10.5. The predicted molar refractivity (Wildman–Crippen MR) is 70.1 cm³/mol. The second-order valence-corrected chi connectivity index (χ2v) is 4.38. The van der Waals surface area contributed by atoms with Crippen LogP contribution in [0.4, 0.5) is 14.6 Å². The van der Waals surface area contributed by atoms with Gasteiger partial charge in [0.1, 0.15) is 17.5 Å². The maximum Gasteiger partial charge on any atom is 0.144 e. The van der Waals surface area contributed by atoms with Crippen molar-refractivity contribution in [2.45, 2.75) is 20.3 Å². The predicted octanol–water partition coefficient (Wildman–Crippen LogP) is 3.03. The lowest BCUT2D eigenvalue weighted by Gasteiger charge is -2.07. The third kappa shape index (κ3) is 3.71. The fourth-order valence-electron chi connectivity index (χ4n) is 1.72. The summed E-state index contributed by atoms with van der Waals surface area (Å²) < 4.78 is 26.0. The van der Waals surface area contributed by atoms with Crippen LogP contribution in [-0.2, 0) is 6.42 Å². The molecule has 19 heavy (non-hydrogen) atoms. The van der Waals surface area contributed by atoms with Crippen LogP contribution < -0.4 is 5.32 Å². The Hall–Kier alpha value is -2.04. The van der Waals surface area contributed by atoms with E-state index in [4.69, 9.17) is 0 Å². The number of nitrogens with zero attached hydrogens (tertiary/aromatic N) is 2. The van der Waals surface area contributed by atoms with Crippen molar-refractivity contribution in [3.63, 3.8) is 0 Å². The lowest BCUT2D eigenvalue weighted by molar-refractivity contribution is 0.580. The van der Waals surface area contributed by atoms with E-state index in [9.17, 15) is 8.78 Å². The second kappa shape index (κ2) is 5.73. The molecule has 0 aliphatic carbocycles. The molecule has 2 aromatic rings. The van der Waals surface area contributed by atoms with E-state index in [1.54, 1.807) is 6.20 Å². The molecule has 1 aromatic carbocycles. The van der Waals surface area contributed by atoms with Crippen molar-refractivity contribution in [1.82, 2.24) is 9.97 Å². The largest absolute Gasteiger partial charge is 0.368 e. The van der Waals surface area contributed by atoms with Crippen molar-refractivity contribution in [2.75, 3.05) is 11.9 Å². The van der Waals surface area contributed by atoms with Gasteiger partial charge in [-0.25, -0.2) is 13.8 Å². The van der Waals surface area contributed by atoms with E-state index in [0.29, 0.717) is 24.3 Å². The van der Waals surface area contributed by atoms with Gasteiger partial charge in [0, 0.05) is 12.6 Å². The number of benzene rings is 1. The second-order valence-electron chi connectivity index (χ2n) is 4.38. The standard InChI is InChI=1S/C14H15F2N3/c1-9-10(2)19-14(8-18-9)17-4-3-11-5-12(15)7-13(16)6-11/h5-8H,3-4H2,1-2H3,(H,17,19). The smallest absolute Gasteiger partial charge is 0.144 e. The molecule has 0 saturated heterocycles. The number of aryl methyl sites for hydroxylation is 2. The highest BCUT2D eigenvalue weighted by Crippen LogP contribution is 2.10. The van der Waals surface area contributed by atoms with E-state index in [1.165, 1.54) is 12.1 Å². The molecule has 1 aromatic heterocycles. The van der Waals surface area contributed by atoms with Crippen molar-refractivity contribution in [1.29, 1.82) is 0 Å². The van der Waals surface area contributed by atoms with Gasteiger partial charge in [0.25, 0.3) is 0 Å². The summed E-state index contributed by atoms with van der Waals surface area (Å²) >= 11 is 0. The van der Waals surface area contributed by atoms with Crippen molar-refractivity contribution in [3.05, 3.63) is 53.0 Å². The van der Waals surface area contributed by atoms with Gasteiger partial charge in [0.2, 0.25) is 0 Å². The first-order chi connectivity index (χ1) is 9.04. The zero-order valence-electron chi connectivity index (χ0n) is 10.9. The van der Waals surface area contributed by atoms with Crippen LogP contribution in [0.25, 0.3) is 0 Å². The first-order valence-electron chi connectivity index (χ1n) is 6.03. The Kier molecular flexibility index (Phi) is 4.04. The molecule has 100 valence electrons. The van der Waals surface area contributed by atoms with Crippen LogP contribution in [0.2, 0.25) is 0 Å². The SMILES string of the molecule is Cc1ncc(NCCc2cc(F)cc(F)c2)nc1C. The fourth-order valence-corrected chi connectivity index (χ4v) is 1.72. The summed E-state index contributed by atoms with van der Waals surface area (Å²) in [5.74, 6) is -0.443. The van der Waals surface area contributed by atoms with Crippen LogP contribution in [0.1, 0.15) is 17.0 Å². The minimum Gasteiger partial charge on any atom is -0.368 e. The topological polar surface area (TPSA) is 37.8 Å². The minimum absolute atomic E-state index is 0.517. The van der Waals surface area contributed by atoms with Crippen LogP contribution in [0, 0.1) is 25.5 Å². The number of nitrogens with one attached hydrogen (secondary N) is 1. The first-order valence-corrected chi connectivity index (χ1v) is 6.03. The van der Waals surface area contributed by atoms with Crippen LogP contribution in [0.5, 0.6) is 0 Å².